The summed E-state index contributed by atoms with van der Waals surface area (Å²) in [5.41, 5.74) is 0.0649. The molecule has 0 aromatic heterocycles. The summed E-state index contributed by atoms with van der Waals surface area (Å²) in [5.74, 6) is -1.09. The number of hydrogen-bond acceptors (Lipinski definition) is 3. The number of nitrogens with zero attached hydrogens (tertiary/aromatic N) is 1. The van der Waals surface area contributed by atoms with Crippen LogP contribution in [0.3, 0.4) is 0 Å². The van der Waals surface area contributed by atoms with Crippen molar-refractivity contribution in [1.29, 1.82) is 0 Å². The topological polar surface area (TPSA) is 61.4 Å². The molecule has 2 N–H and O–H groups in total. The normalized spacial score (nSPS) is 18.7. The zero-order valence-corrected chi connectivity index (χ0v) is 19.0. The summed E-state index contributed by atoms with van der Waals surface area (Å²) < 4.78 is 38.6. The first-order chi connectivity index (χ1) is 15.6. The van der Waals surface area contributed by atoms with Crippen molar-refractivity contribution in [3.63, 3.8) is 0 Å². The second-order valence-electron chi connectivity index (χ2n) is 8.33. The number of alkyl halides is 3. The van der Waals surface area contributed by atoms with Crippen LogP contribution in [0.5, 0.6) is 0 Å². The molecule has 0 unspecified atom stereocenters. The van der Waals surface area contributed by atoms with E-state index in [-0.39, 0.29) is 30.1 Å². The molecule has 1 aliphatic rings. The number of halogens is 4. The molecule has 178 valence electrons. The van der Waals surface area contributed by atoms with Crippen LogP contribution in [-0.2, 0) is 17.5 Å². The number of benzene rings is 2. The average Bonchev–Trinajstić information content (AvgIpc) is 2.79. The van der Waals surface area contributed by atoms with Gasteiger partial charge in [-0.1, -0.05) is 42.6 Å². The maximum atomic E-state index is 12.9. The molecule has 33 heavy (non-hydrogen) atoms. The highest BCUT2D eigenvalue weighted by Gasteiger charge is 2.31. The molecule has 2 aromatic carbocycles. The molecule has 2 amide bonds. The molecular formula is C24H27ClF3N3O2. The maximum Gasteiger partial charge on any atom is 0.416 e. The first kappa shape index (κ1) is 25.1. The number of amides is 2. The Bertz CT molecular complexity index is 966. The molecule has 1 fully saturated rings. The highest BCUT2D eigenvalue weighted by molar-refractivity contribution is 6.30. The van der Waals surface area contributed by atoms with Gasteiger partial charge in [0.05, 0.1) is 12.1 Å². The van der Waals surface area contributed by atoms with E-state index in [2.05, 4.69) is 15.5 Å². The monoisotopic (exact) mass is 481 g/mol. The van der Waals surface area contributed by atoms with Gasteiger partial charge >= 0.3 is 6.18 Å². The second-order valence-corrected chi connectivity index (χ2v) is 8.77. The minimum Gasteiger partial charge on any atom is -0.350 e. The Morgan fingerprint density at radius 2 is 1.79 bits per heavy atom. The lowest BCUT2D eigenvalue weighted by molar-refractivity contribution is -0.137. The number of rotatable bonds is 7. The summed E-state index contributed by atoms with van der Waals surface area (Å²) in [6.07, 6.45) is -0.725. The van der Waals surface area contributed by atoms with Gasteiger partial charge in [0.2, 0.25) is 5.91 Å². The lowest BCUT2D eigenvalue weighted by Crippen LogP contribution is -2.53. The van der Waals surface area contributed by atoms with Crippen LogP contribution < -0.4 is 10.6 Å². The van der Waals surface area contributed by atoms with E-state index in [4.69, 9.17) is 11.6 Å². The number of carbonyl (C=O) groups excluding carboxylic acids is 2. The molecule has 3 rings (SSSR count). The highest BCUT2D eigenvalue weighted by atomic mass is 35.5. The first-order valence-corrected chi connectivity index (χ1v) is 11.2. The van der Waals surface area contributed by atoms with Crippen LogP contribution in [0, 0.1) is 0 Å². The molecule has 1 saturated carbocycles. The fourth-order valence-electron chi connectivity index (χ4n) is 4.16. The Labute approximate surface area is 196 Å². The second kappa shape index (κ2) is 11.0. The van der Waals surface area contributed by atoms with E-state index in [0.717, 1.165) is 43.4 Å². The lowest BCUT2D eigenvalue weighted by atomic mass is 9.89. The van der Waals surface area contributed by atoms with E-state index in [9.17, 15) is 22.8 Å². The summed E-state index contributed by atoms with van der Waals surface area (Å²) in [5, 5.41) is 6.08. The van der Waals surface area contributed by atoms with E-state index >= 15 is 0 Å². The van der Waals surface area contributed by atoms with E-state index in [1.54, 1.807) is 0 Å². The van der Waals surface area contributed by atoms with Gasteiger partial charge < -0.3 is 10.6 Å². The highest BCUT2D eigenvalue weighted by Crippen LogP contribution is 2.29. The largest absolute Gasteiger partial charge is 0.416 e. The zero-order valence-electron chi connectivity index (χ0n) is 18.3. The van der Waals surface area contributed by atoms with Crippen LogP contribution >= 0.6 is 11.6 Å². The van der Waals surface area contributed by atoms with Gasteiger partial charge in [0, 0.05) is 29.2 Å². The van der Waals surface area contributed by atoms with Crippen molar-refractivity contribution >= 4 is 23.4 Å². The summed E-state index contributed by atoms with van der Waals surface area (Å²) >= 11 is 5.96. The summed E-state index contributed by atoms with van der Waals surface area (Å²) in [6, 6.07) is 11.8. The van der Waals surface area contributed by atoms with E-state index < -0.39 is 17.6 Å². The van der Waals surface area contributed by atoms with E-state index in [0.29, 0.717) is 11.6 Å². The van der Waals surface area contributed by atoms with Crippen molar-refractivity contribution in [3.05, 3.63) is 70.2 Å². The number of hydrogen-bond donors (Lipinski definition) is 2. The molecule has 0 heterocycles. The van der Waals surface area contributed by atoms with Gasteiger partial charge in [-0.2, -0.15) is 13.2 Å². The Balaban J connectivity index is 1.54. The van der Waals surface area contributed by atoms with Crippen molar-refractivity contribution in [3.8, 4) is 0 Å². The van der Waals surface area contributed by atoms with Crippen molar-refractivity contribution in [2.24, 2.45) is 0 Å². The SMILES string of the molecule is CN(Cc1ccc(Cl)cc1)[C@H]1CCCC[C@@H]1NC(=O)CNC(=O)c1cccc(C(F)(F)F)c1. The summed E-state index contributed by atoms with van der Waals surface area (Å²) in [7, 11) is 2.01. The number of carbonyl (C=O) groups is 2. The molecule has 0 bridgehead atoms. The molecule has 2 atom stereocenters. The maximum absolute atomic E-state index is 12.9. The van der Waals surface area contributed by atoms with Gasteiger partial charge in [0.15, 0.2) is 0 Å². The Kier molecular flexibility index (Phi) is 8.37. The summed E-state index contributed by atoms with van der Waals surface area (Å²) in [4.78, 5) is 26.9. The van der Waals surface area contributed by atoms with Gasteiger partial charge in [-0.15, -0.1) is 0 Å². The fraction of sp³-hybridized carbons (Fsp3) is 0.417. The third kappa shape index (κ3) is 7.20. The summed E-state index contributed by atoms with van der Waals surface area (Å²) in [6.45, 7) is 0.402. The molecule has 0 saturated heterocycles. The third-order valence-electron chi connectivity index (χ3n) is 5.85. The smallest absolute Gasteiger partial charge is 0.350 e. The van der Waals surface area contributed by atoms with Crippen LogP contribution in [0.25, 0.3) is 0 Å². The fourth-order valence-corrected chi connectivity index (χ4v) is 4.29. The Hall–Kier alpha value is -2.58. The minimum atomic E-state index is -4.54. The predicted octanol–water partition coefficient (Wildman–Crippen LogP) is 4.65. The van der Waals surface area contributed by atoms with Crippen molar-refractivity contribution in [1.82, 2.24) is 15.5 Å². The molecule has 0 aliphatic heterocycles. The van der Waals surface area contributed by atoms with Crippen molar-refractivity contribution in [2.45, 2.75) is 50.5 Å². The zero-order chi connectivity index (χ0) is 24.0. The van der Waals surface area contributed by atoms with Gasteiger partial charge in [0.25, 0.3) is 5.91 Å². The van der Waals surface area contributed by atoms with E-state index in [1.165, 1.54) is 12.1 Å². The molecular weight excluding hydrogens is 455 g/mol. The van der Waals surface area contributed by atoms with Crippen LogP contribution in [0.15, 0.2) is 48.5 Å². The lowest BCUT2D eigenvalue weighted by Gasteiger charge is -2.38. The number of nitrogens with one attached hydrogen (secondary N) is 2. The first-order valence-electron chi connectivity index (χ1n) is 10.8. The number of likely N-dealkylation sites (N-methyl/N-ethyl adjacent to an activating group) is 1. The van der Waals surface area contributed by atoms with E-state index in [1.807, 2.05) is 31.3 Å². The minimum absolute atomic E-state index is 0.0750. The molecule has 2 aromatic rings. The van der Waals surface area contributed by atoms with Crippen LogP contribution in [0.1, 0.15) is 47.2 Å². The molecule has 0 radical (unpaired) electrons. The Morgan fingerprint density at radius 3 is 2.48 bits per heavy atom. The van der Waals surface area contributed by atoms with Crippen LogP contribution in [0.2, 0.25) is 5.02 Å². The molecule has 9 heteroatoms. The molecule has 5 nitrogen and oxygen atoms in total. The third-order valence-corrected chi connectivity index (χ3v) is 6.10. The van der Waals surface area contributed by atoms with Crippen molar-refractivity contribution in [2.75, 3.05) is 13.6 Å². The van der Waals surface area contributed by atoms with Crippen LogP contribution in [0.4, 0.5) is 13.2 Å². The molecule has 1 aliphatic carbocycles. The van der Waals surface area contributed by atoms with Crippen LogP contribution in [-0.4, -0.2) is 42.4 Å². The van der Waals surface area contributed by atoms with Gasteiger partial charge in [-0.05, 0) is 55.8 Å². The molecule has 0 spiro atoms. The average molecular weight is 482 g/mol. The van der Waals surface area contributed by atoms with Crippen molar-refractivity contribution < 1.29 is 22.8 Å². The Morgan fingerprint density at radius 1 is 1.09 bits per heavy atom. The van der Waals surface area contributed by atoms with Gasteiger partial charge in [-0.25, -0.2) is 0 Å². The quantitative estimate of drug-likeness (QED) is 0.605. The standard InChI is InChI=1S/C24H27ClF3N3O2/c1-31(15-16-9-11-19(25)12-10-16)21-8-3-2-7-20(21)30-22(32)14-29-23(33)17-5-4-6-18(13-17)24(26,27)28/h4-6,9-13,20-21H,2-3,7-8,14-15H2,1H3,(H,29,33)(H,30,32)/t20-,21-/m0/s1. The predicted molar refractivity (Wildman–Crippen MR) is 121 cm³/mol. The van der Waals surface area contributed by atoms with Gasteiger partial charge in [-0.3, -0.25) is 14.5 Å². The van der Waals surface area contributed by atoms with Gasteiger partial charge in [0.1, 0.15) is 0 Å².